The van der Waals surface area contributed by atoms with Crippen molar-refractivity contribution in [2.75, 3.05) is 6.61 Å². The molecule has 0 heterocycles. The maximum atomic E-state index is 6.20. The molecule has 2 aliphatic rings. The summed E-state index contributed by atoms with van der Waals surface area (Å²) in [4.78, 5) is 0.493. The number of ether oxygens (including phenoxy) is 2. The monoisotopic (exact) mass is 304 g/mol. The van der Waals surface area contributed by atoms with Crippen molar-refractivity contribution >= 4 is 15.9 Å². The van der Waals surface area contributed by atoms with Gasteiger partial charge in [-0.2, -0.15) is 0 Å². The molecular weight excluding hydrogens is 280 g/mol. The summed E-state index contributed by atoms with van der Waals surface area (Å²) < 4.78 is 11.9. The van der Waals surface area contributed by atoms with Gasteiger partial charge < -0.3 is 9.47 Å². The molecule has 2 fully saturated rings. The summed E-state index contributed by atoms with van der Waals surface area (Å²) in [6, 6.07) is 0. The van der Waals surface area contributed by atoms with E-state index in [0.29, 0.717) is 22.5 Å². The standard InChI is InChI=1S/C14H25BrO2/c1-4-16-13-11(15)9-12(13)17-10-5-7-14(2,3)8-6-10/h10-13H,4-9H2,1-3H3. The molecular formula is C14H25BrO2. The average molecular weight is 305 g/mol. The van der Waals surface area contributed by atoms with E-state index in [1.165, 1.54) is 25.7 Å². The minimum absolute atomic E-state index is 0.273. The smallest absolute Gasteiger partial charge is 0.0962 e. The Morgan fingerprint density at radius 1 is 1.24 bits per heavy atom. The van der Waals surface area contributed by atoms with Crippen molar-refractivity contribution < 1.29 is 9.47 Å². The van der Waals surface area contributed by atoms with Crippen LogP contribution in [0, 0.1) is 5.41 Å². The molecule has 0 bridgehead atoms. The molecule has 0 radical (unpaired) electrons. The van der Waals surface area contributed by atoms with Gasteiger partial charge in [0.15, 0.2) is 0 Å². The third-order valence-electron chi connectivity index (χ3n) is 4.19. The zero-order valence-corrected chi connectivity index (χ0v) is 12.8. The Hall–Kier alpha value is 0.400. The van der Waals surface area contributed by atoms with Gasteiger partial charge in [-0.05, 0) is 44.4 Å². The zero-order valence-electron chi connectivity index (χ0n) is 11.2. The Morgan fingerprint density at radius 3 is 2.41 bits per heavy atom. The molecule has 3 heteroatoms. The van der Waals surface area contributed by atoms with Crippen molar-refractivity contribution in [1.82, 2.24) is 0 Å². The highest BCUT2D eigenvalue weighted by molar-refractivity contribution is 9.09. The number of hydrogen-bond acceptors (Lipinski definition) is 2. The molecule has 0 saturated heterocycles. The first-order valence-electron chi connectivity index (χ1n) is 6.93. The van der Waals surface area contributed by atoms with E-state index in [0.717, 1.165) is 13.0 Å². The highest BCUT2D eigenvalue weighted by atomic mass is 79.9. The van der Waals surface area contributed by atoms with Gasteiger partial charge in [0.1, 0.15) is 0 Å². The van der Waals surface area contributed by atoms with Crippen molar-refractivity contribution in [3.63, 3.8) is 0 Å². The van der Waals surface area contributed by atoms with Crippen molar-refractivity contribution in [2.24, 2.45) is 5.41 Å². The Labute approximate surface area is 114 Å². The predicted molar refractivity (Wildman–Crippen MR) is 73.7 cm³/mol. The third kappa shape index (κ3) is 3.45. The molecule has 0 aromatic heterocycles. The molecule has 0 N–H and O–H groups in total. The van der Waals surface area contributed by atoms with E-state index in [1.807, 2.05) is 0 Å². The summed E-state index contributed by atoms with van der Waals surface area (Å²) in [6.07, 6.45) is 7.19. The summed E-state index contributed by atoms with van der Waals surface area (Å²) in [5.74, 6) is 0. The van der Waals surface area contributed by atoms with Crippen LogP contribution in [0.2, 0.25) is 0 Å². The molecule has 0 aliphatic heterocycles. The largest absolute Gasteiger partial charge is 0.375 e. The van der Waals surface area contributed by atoms with E-state index < -0.39 is 0 Å². The van der Waals surface area contributed by atoms with Gasteiger partial charge in [-0.1, -0.05) is 29.8 Å². The second-order valence-corrected chi connectivity index (χ2v) is 7.39. The van der Waals surface area contributed by atoms with Gasteiger partial charge in [-0.3, -0.25) is 0 Å². The van der Waals surface area contributed by atoms with Crippen LogP contribution in [0.3, 0.4) is 0 Å². The molecule has 2 aliphatic carbocycles. The first-order valence-corrected chi connectivity index (χ1v) is 7.84. The van der Waals surface area contributed by atoms with E-state index >= 15 is 0 Å². The fourth-order valence-electron chi connectivity index (χ4n) is 2.82. The first kappa shape index (κ1) is 13.8. The second-order valence-electron chi connectivity index (χ2n) is 6.21. The van der Waals surface area contributed by atoms with E-state index in [2.05, 4.69) is 36.7 Å². The lowest BCUT2D eigenvalue weighted by Crippen LogP contribution is -2.52. The van der Waals surface area contributed by atoms with Gasteiger partial charge in [0, 0.05) is 11.4 Å². The van der Waals surface area contributed by atoms with Crippen LogP contribution in [0.1, 0.15) is 52.9 Å². The lowest BCUT2D eigenvalue weighted by molar-refractivity contribution is -0.153. The quantitative estimate of drug-likeness (QED) is 0.733. The molecule has 2 saturated carbocycles. The molecule has 0 spiro atoms. The molecule has 100 valence electrons. The number of alkyl halides is 1. The van der Waals surface area contributed by atoms with Gasteiger partial charge in [0.05, 0.1) is 18.3 Å². The van der Waals surface area contributed by atoms with Crippen molar-refractivity contribution in [2.45, 2.75) is 76.0 Å². The van der Waals surface area contributed by atoms with E-state index in [-0.39, 0.29) is 6.10 Å². The molecule has 3 atom stereocenters. The second kappa shape index (κ2) is 5.58. The SMILES string of the molecule is CCOC1C(Br)CC1OC1CCC(C)(C)CC1. The molecule has 0 aromatic carbocycles. The van der Waals surface area contributed by atoms with E-state index in [4.69, 9.17) is 9.47 Å². The van der Waals surface area contributed by atoms with Gasteiger partial charge >= 0.3 is 0 Å². The van der Waals surface area contributed by atoms with E-state index in [9.17, 15) is 0 Å². The van der Waals surface area contributed by atoms with Crippen molar-refractivity contribution in [3.05, 3.63) is 0 Å². The maximum absolute atomic E-state index is 6.20. The number of halogens is 1. The van der Waals surface area contributed by atoms with Crippen molar-refractivity contribution in [3.8, 4) is 0 Å². The summed E-state index contributed by atoms with van der Waals surface area (Å²) >= 11 is 3.65. The summed E-state index contributed by atoms with van der Waals surface area (Å²) in [7, 11) is 0. The van der Waals surface area contributed by atoms with Crippen LogP contribution in [0.5, 0.6) is 0 Å². The molecule has 0 amide bonds. The van der Waals surface area contributed by atoms with Gasteiger partial charge in [0.25, 0.3) is 0 Å². The van der Waals surface area contributed by atoms with Crippen LogP contribution in [0.25, 0.3) is 0 Å². The number of rotatable bonds is 4. The fraction of sp³-hybridized carbons (Fsp3) is 1.00. The molecule has 2 nitrogen and oxygen atoms in total. The Kier molecular flexibility index (Phi) is 4.54. The first-order chi connectivity index (χ1) is 8.02. The average Bonchev–Trinajstić information content (AvgIpc) is 2.28. The van der Waals surface area contributed by atoms with Crippen LogP contribution in [-0.4, -0.2) is 29.7 Å². The third-order valence-corrected chi connectivity index (χ3v) is 5.09. The van der Waals surface area contributed by atoms with Gasteiger partial charge in [-0.15, -0.1) is 0 Å². The minimum Gasteiger partial charge on any atom is -0.375 e. The molecule has 0 aromatic rings. The Morgan fingerprint density at radius 2 is 1.88 bits per heavy atom. The summed E-state index contributed by atoms with van der Waals surface area (Å²) in [5, 5.41) is 0. The van der Waals surface area contributed by atoms with Crippen LogP contribution < -0.4 is 0 Å². The van der Waals surface area contributed by atoms with E-state index in [1.54, 1.807) is 0 Å². The Bertz CT molecular complexity index is 245. The fourth-order valence-corrected chi connectivity index (χ4v) is 3.68. The van der Waals surface area contributed by atoms with Crippen LogP contribution in [0.4, 0.5) is 0 Å². The summed E-state index contributed by atoms with van der Waals surface area (Å²) in [6.45, 7) is 7.57. The topological polar surface area (TPSA) is 18.5 Å². The highest BCUT2D eigenvalue weighted by Gasteiger charge is 2.43. The summed E-state index contributed by atoms with van der Waals surface area (Å²) in [5.41, 5.74) is 0.525. The van der Waals surface area contributed by atoms with Crippen LogP contribution >= 0.6 is 15.9 Å². The van der Waals surface area contributed by atoms with Crippen molar-refractivity contribution in [1.29, 1.82) is 0 Å². The number of hydrogen-bond donors (Lipinski definition) is 0. The van der Waals surface area contributed by atoms with Gasteiger partial charge in [0.2, 0.25) is 0 Å². The Balaban J connectivity index is 1.75. The lowest BCUT2D eigenvalue weighted by atomic mass is 9.76. The molecule has 2 rings (SSSR count). The zero-order chi connectivity index (χ0) is 12.5. The normalized spacial score (nSPS) is 37.8. The van der Waals surface area contributed by atoms with Crippen LogP contribution in [-0.2, 0) is 9.47 Å². The maximum Gasteiger partial charge on any atom is 0.0962 e. The molecule has 17 heavy (non-hydrogen) atoms. The minimum atomic E-state index is 0.273. The molecule has 3 unspecified atom stereocenters. The predicted octanol–water partition coefficient (Wildman–Crippen LogP) is 3.91. The highest BCUT2D eigenvalue weighted by Crippen LogP contribution is 2.40. The lowest BCUT2D eigenvalue weighted by Gasteiger charge is -2.44. The van der Waals surface area contributed by atoms with Gasteiger partial charge in [-0.25, -0.2) is 0 Å². The van der Waals surface area contributed by atoms with Crippen LogP contribution in [0.15, 0.2) is 0 Å².